The Labute approximate surface area is 91.9 Å². The zero-order valence-corrected chi connectivity index (χ0v) is 9.15. The van der Waals surface area contributed by atoms with Gasteiger partial charge in [0.15, 0.2) is 0 Å². The van der Waals surface area contributed by atoms with Gasteiger partial charge in [0.1, 0.15) is 0 Å². The van der Waals surface area contributed by atoms with Gasteiger partial charge in [0.2, 0.25) is 0 Å². The van der Waals surface area contributed by atoms with Gasteiger partial charge in [-0.15, -0.1) is 0 Å². The van der Waals surface area contributed by atoms with Gasteiger partial charge in [0.05, 0.1) is 0 Å². The molecule has 1 saturated heterocycles. The van der Waals surface area contributed by atoms with Crippen molar-refractivity contribution in [3.05, 3.63) is 35.9 Å². The molecule has 0 radical (unpaired) electrons. The molecule has 1 N–H and O–H groups in total. The maximum absolute atomic E-state index is 3.71. The van der Waals surface area contributed by atoms with Crippen LogP contribution in [0.5, 0.6) is 0 Å². The van der Waals surface area contributed by atoms with Crippen LogP contribution in [0.1, 0.15) is 37.2 Å². The van der Waals surface area contributed by atoms with E-state index in [1.54, 1.807) is 5.56 Å². The summed E-state index contributed by atoms with van der Waals surface area (Å²) in [5.74, 6) is 1.68. The van der Waals surface area contributed by atoms with Crippen molar-refractivity contribution in [1.82, 2.24) is 5.32 Å². The number of nitrogens with one attached hydrogen (secondary N) is 1. The highest BCUT2D eigenvalue weighted by molar-refractivity contribution is 5.23. The molecule has 0 bridgehead atoms. The van der Waals surface area contributed by atoms with Crippen LogP contribution in [0.15, 0.2) is 30.3 Å². The Bertz CT molecular complexity index is 319. The van der Waals surface area contributed by atoms with E-state index in [-0.39, 0.29) is 0 Å². The molecule has 1 heterocycles. The predicted octanol–water partition coefficient (Wildman–Crippen LogP) is 2.93. The van der Waals surface area contributed by atoms with Gasteiger partial charge in [-0.2, -0.15) is 0 Å². The molecular formula is C14H19N. The summed E-state index contributed by atoms with van der Waals surface area (Å²) in [7, 11) is 0. The fraction of sp³-hybridized carbons (Fsp3) is 0.571. The summed E-state index contributed by atoms with van der Waals surface area (Å²) in [6.07, 6.45) is 5.69. The number of rotatable bonds is 1. The van der Waals surface area contributed by atoms with Crippen LogP contribution in [-0.2, 0) is 0 Å². The molecule has 1 nitrogen and oxygen atoms in total. The number of fused-ring (bicyclic) bond motifs is 1. The van der Waals surface area contributed by atoms with Crippen molar-refractivity contribution in [1.29, 1.82) is 0 Å². The molecule has 1 aliphatic heterocycles. The van der Waals surface area contributed by atoms with Crippen molar-refractivity contribution < 1.29 is 0 Å². The molecule has 0 spiro atoms. The van der Waals surface area contributed by atoms with Crippen molar-refractivity contribution in [2.24, 2.45) is 5.92 Å². The first-order valence-electron chi connectivity index (χ1n) is 6.23. The van der Waals surface area contributed by atoms with Gasteiger partial charge in [-0.25, -0.2) is 0 Å². The summed E-state index contributed by atoms with van der Waals surface area (Å²) in [4.78, 5) is 0. The maximum Gasteiger partial charge on any atom is 0.0102 e. The van der Waals surface area contributed by atoms with Crippen LogP contribution in [0.4, 0.5) is 0 Å². The van der Waals surface area contributed by atoms with E-state index in [1.165, 1.54) is 32.2 Å². The largest absolute Gasteiger partial charge is 0.313 e. The lowest BCUT2D eigenvalue weighted by Crippen LogP contribution is -2.29. The number of hydrogen-bond acceptors (Lipinski definition) is 1. The average Bonchev–Trinajstić information content (AvgIpc) is 2.74. The molecule has 1 aliphatic carbocycles. The van der Waals surface area contributed by atoms with Crippen molar-refractivity contribution in [2.75, 3.05) is 6.54 Å². The molecule has 0 unspecified atom stereocenters. The number of benzene rings is 1. The van der Waals surface area contributed by atoms with Crippen LogP contribution in [0.3, 0.4) is 0 Å². The lowest BCUT2D eigenvalue weighted by molar-refractivity contribution is 0.308. The third-order valence-corrected chi connectivity index (χ3v) is 4.16. The zero-order chi connectivity index (χ0) is 10.1. The zero-order valence-electron chi connectivity index (χ0n) is 9.15. The Balaban J connectivity index is 1.82. The molecule has 2 fully saturated rings. The van der Waals surface area contributed by atoms with Crippen molar-refractivity contribution >= 4 is 0 Å². The van der Waals surface area contributed by atoms with E-state index < -0.39 is 0 Å². The van der Waals surface area contributed by atoms with Crippen LogP contribution < -0.4 is 5.32 Å². The lowest BCUT2D eigenvalue weighted by Gasteiger charge is -2.28. The average molecular weight is 201 g/mol. The van der Waals surface area contributed by atoms with E-state index in [4.69, 9.17) is 0 Å². The molecule has 2 aliphatic rings. The van der Waals surface area contributed by atoms with Gasteiger partial charge >= 0.3 is 0 Å². The van der Waals surface area contributed by atoms with E-state index >= 15 is 0 Å². The van der Waals surface area contributed by atoms with Gasteiger partial charge < -0.3 is 5.32 Å². The molecule has 1 heteroatoms. The molecule has 0 amide bonds. The fourth-order valence-electron chi connectivity index (χ4n) is 3.39. The van der Waals surface area contributed by atoms with Gasteiger partial charge in [0, 0.05) is 18.5 Å². The van der Waals surface area contributed by atoms with Crippen molar-refractivity contribution in [3.8, 4) is 0 Å². The Morgan fingerprint density at radius 1 is 1.00 bits per heavy atom. The van der Waals surface area contributed by atoms with Gasteiger partial charge in [-0.05, 0) is 24.3 Å². The molecule has 0 aromatic heterocycles. The Morgan fingerprint density at radius 2 is 1.80 bits per heavy atom. The van der Waals surface area contributed by atoms with Gasteiger partial charge in [0.25, 0.3) is 0 Å². The third kappa shape index (κ3) is 1.69. The summed E-state index contributed by atoms with van der Waals surface area (Å²) >= 11 is 0. The summed E-state index contributed by atoms with van der Waals surface area (Å²) < 4.78 is 0. The summed E-state index contributed by atoms with van der Waals surface area (Å²) in [6, 6.07) is 11.9. The highest BCUT2D eigenvalue weighted by Gasteiger charge is 2.37. The van der Waals surface area contributed by atoms with Crippen LogP contribution in [-0.4, -0.2) is 12.6 Å². The molecule has 3 rings (SSSR count). The summed E-state index contributed by atoms with van der Waals surface area (Å²) in [6.45, 7) is 1.19. The minimum atomic E-state index is 0.775. The summed E-state index contributed by atoms with van der Waals surface area (Å²) in [5, 5.41) is 3.71. The first kappa shape index (κ1) is 9.41. The highest BCUT2D eigenvalue weighted by atomic mass is 15.0. The third-order valence-electron chi connectivity index (χ3n) is 4.16. The first-order chi connectivity index (χ1) is 7.45. The minimum Gasteiger partial charge on any atom is -0.313 e. The van der Waals surface area contributed by atoms with Crippen molar-refractivity contribution in [2.45, 2.75) is 37.6 Å². The topological polar surface area (TPSA) is 12.0 Å². The van der Waals surface area contributed by atoms with Gasteiger partial charge in [-0.1, -0.05) is 43.2 Å². The molecule has 15 heavy (non-hydrogen) atoms. The van der Waals surface area contributed by atoms with E-state index in [9.17, 15) is 0 Å². The van der Waals surface area contributed by atoms with E-state index in [0.29, 0.717) is 0 Å². The molecule has 1 aromatic carbocycles. The quantitative estimate of drug-likeness (QED) is 0.736. The van der Waals surface area contributed by atoms with Crippen LogP contribution in [0, 0.1) is 5.92 Å². The van der Waals surface area contributed by atoms with Crippen LogP contribution in [0.25, 0.3) is 0 Å². The molecular weight excluding hydrogens is 182 g/mol. The lowest BCUT2D eigenvalue weighted by atomic mass is 9.77. The monoisotopic (exact) mass is 201 g/mol. The summed E-state index contributed by atoms with van der Waals surface area (Å²) in [5.41, 5.74) is 1.54. The fourth-order valence-corrected chi connectivity index (χ4v) is 3.39. The predicted molar refractivity (Wildman–Crippen MR) is 62.9 cm³/mol. The van der Waals surface area contributed by atoms with E-state index in [1.807, 2.05) is 0 Å². The van der Waals surface area contributed by atoms with Crippen molar-refractivity contribution in [3.63, 3.8) is 0 Å². The molecule has 1 saturated carbocycles. The standard InChI is InChI=1S/C14H19N/c1-2-6-11(7-3-1)13-10-15-14-9-5-4-8-12(13)14/h1-3,6-7,12-15H,4-5,8-10H2/t12-,13-,14+/m0/s1. The molecule has 3 atom stereocenters. The smallest absolute Gasteiger partial charge is 0.0102 e. The second-order valence-electron chi connectivity index (χ2n) is 4.98. The second kappa shape index (κ2) is 3.97. The Kier molecular flexibility index (Phi) is 2.49. The van der Waals surface area contributed by atoms with Crippen LogP contribution >= 0.6 is 0 Å². The van der Waals surface area contributed by atoms with E-state index in [2.05, 4.69) is 35.6 Å². The number of hydrogen-bond donors (Lipinski definition) is 1. The van der Waals surface area contributed by atoms with Gasteiger partial charge in [-0.3, -0.25) is 0 Å². The SMILES string of the molecule is c1ccc([C@@H]2CN[C@@H]3CCCC[C@H]32)cc1. The first-order valence-corrected chi connectivity index (χ1v) is 6.23. The normalized spacial score (nSPS) is 35.1. The Morgan fingerprint density at radius 3 is 2.67 bits per heavy atom. The molecule has 1 aromatic rings. The minimum absolute atomic E-state index is 0.775. The second-order valence-corrected chi connectivity index (χ2v) is 4.98. The maximum atomic E-state index is 3.71. The highest BCUT2D eigenvalue weighted by Crippen LogP contribution is 2.39. The Hall–Kier alpha value is -0.820. The van der Waals surface area contributed by atoms with E-state index in [0.717, 1.165) is 17.9 Å². The molecule has 80 valence electrons. The van der Waals surface area contributed by atoms with Crippen LogP contribution in [0.2, 0.25) is 0 Å².